The van der Waals surface area contributed by atoms with E-state index in [1.807, 2.05) is 91.0 Å². The average molecular weight is 587 g/mol. The summed E-state index contributed by atoms with van der Waals surface area (Å²) < 4.78 is 10.9. The van der Waals surface area contributed by atoms with Crippen LogP contribution in [-0.4, -0.2) is 65.8 Å². The molecule has 7 heteroatoms. The molecular weight excluding hydrogens is 544 g/mol. The second-order valence-electron chi connectivity index (χ2n) is 11.8. The minimum Gasteiger partial charge on any atom is -0.497 e. The van der Waals surface area contributed by atoms with Gasteiger partial charge in [-0.3, -0.25) is 0 Å². The first-order chi connectivity index (χ1) is 20.0. The third-order valence-corrected chi connectivity index (χ3v) is 14.6. The maximum absolute atomic E-state index is 13.2. The minimum atomic E-state index is -3.48. The fourth-order valence-electron chi connectivity index (χ4n) is 6.37. The van der Waals surface area contributed by atoms with Crippen LogP contribution < -0.4 is 19.8 Å². The highest BCUT2D eigenvalue weighted by molar-refractivity contribution is 7.06. The third kappa shape index (κ3) is 6.16. The van der Waals surface area contributed by atoms with E-state index < -0.39 is 36.6 Å². The molecule has 0 aromatic heterocycles. The Balaban J connectivity index is 1.83. The van der Waals surface area contributed by atoms with Gasteiger partial charge in [0.05, 0.1) is 12.3 Å². The molecule has 0 aliphatic carbocycles. The van der Waals surface area contributed by atoms with Crippen LogP contribution in [0.4, 0.5) is 0 Å². The summed E-state index contributed by atoms with van der Waals surface area (Å²) in [7, 11) is -1.91. The SMILES string of the molecule is COc1ccc(OC[C@@H](O)[C@@H](O)[C@@H](O)C(O)(Cc2ccccc2)[Si](c2ccccc2)(c2ccccc2)C(C)(C)C)cc1. The molecule has 4 rings (SSSR count). The molecule has 0 bridgehead atoms. The van der Waals surface area contributed by atoms with Crippen molar-refractivity contribution in [1.82, 2.24) is 0 Å². The summed E-state index contributed by atoms with van der Waals surface area (Å²) in [5.41, 5.74) is 0.809. The van der Waals surface area contributed by atoms with Gasteiger partial charge in [0.15, 0.2) is 8.07 Å². The monoisotopic (exact) mass is 586 g/mol. The summed E-state index contributed by atoms with van der Waals surface area (Å²) in [6.45, 7) is 5.96. The second kappa shape index (κ2) is 13.2. The summed E-state index contributed by atoms with van der Waals surface area (Å²) in [6, 6.07) is 36.0. The number of rotatable bonds is 12. The fourth-order valence-corrected chi connectivity index (χ4v) is 13.2. The molecule has 0 aliphatic heterocycles. The summed E-state index contributed by atoms with van der Waals surface area (Å²) >= 11 is 0. The van der Waals surface area contributed by atoms with Gasteiger partial charge in [-0.05, 0) is 34.9 Å². The predicted molar refractivity (Wildman–Crippen MR) is 169 cm³/mol. The van der Waals surface area contributed by atoms with Crippen LogP contribution in [0.15, 0.2) is 115 Å². The van der Waals surface area contributed by atoms with E-state index in [0.29, 0.717) is 11.5 Å². The lowest BCUT2D eigenvalue weighted by Gasteiger charge is -2.56. The molecule has 0 heterocycles. The van der Waals surface area contributed by atoms with Gasteiger partial charge in [-0.15, -0.1) is 0 Å². The molecule has 0 amide bonds. The maximum Gasteiger partial charge on any atom is 0.161 e. The Morgan fingerprint density at radius 2 is 1.12 bits per heavy atom. The molecule has 4 N–H and O–H groups in total. The summed E-state index contributed by atoms with van der Waals surface area (Å²) in [6.07, 6.45) is -4.86. The quantitative estimate of drug-likeness (QED) is 0.189. The van der Waals surface area contributed by atoms with Crippen molar-refractivity contribution in [1.29, 1.82) is 0 Å². The van der Waals surface area contributed by atoms with Gasteiger partial charge in [0.1, 0.15) is 36.4 Å². The van der Waals surface area contributed by atoms with Crippen molar-refractivity contribution >= 4 is 18.4 Å². The molecule has 1 unspecified atom stereocenters. The van der Waals surface area contributed by atoms with E-state index in [9.17, 15) is 20.4 Å². The molecule has 6 nitrogen and oxygen atoms in total. The largest absolute Gasteiger partial charge is 0.497 e. The number of aliphatic hydroxyl groups is 4. The Labute approximate surface area is 249 Å². The number of hydrogen-bond acceptors (Lipinski definition) is 6. The van der Waals surface area contributed by atoms with E-state index in [0.717, 1.165) is 15.9 Å². The maximum atomic E-state index is 13.2. The highest BCUT2D eigenvalue weighted by Crippen LogP contribution is 2.46. The lowest BCUT2D eigenvalue weighted by atomic mass is 9.96. The van der Waals surface area contributed by atoms with Crippen molar-refractivity contribution in [3.63, 3.8) is 0 Å². The van der Waals surface area contributed by atoms with Crippen LogP contribution in [0.3, 0.4) is 0 Å². The zero-order chi connectivity index (χ0) is 30.4. The first kappa shape index (κ1) is 31.5. The third-order valence-electron chi connectivity index (χ3n) is 8.19. The van der Waals surface area contributed by atoms with Crippen LogP contribution in [0.1, 0.15) is 26.3 Å². The number of ether oxygens (including phenoxy) is 2. The van der Waals surface area contributed by atoms with Gasteiger partial charge >= 0.3 is 0 Å². The predicted octanol–water partition coefficient (Wildman–Crippen LogP) is 3.73. The topological polar surface area (TPSA) is 99.4 Å². The molecule has 0 aliphatic rings. The summed E-state index contributed by atoms with van der Waals surface area (Å²) in [4.78, 5) is 0. The van der Waals surface area contributed by atoms with Crippen LogP contribution in [-0.2, 0) is 6.42 Å². The normalized spacial score (nSPS) is 15.7. The Morgan fingerprint density at radius 1 is 0.667 bits per heavy atom. The van der Waals surface area contributed by atoms with Crippen molar-refractivity contribution < 1.29 is 29.9 Å². The molecule has 0 fully saturated rings. The molecule has 0 saturated carbocycles. The van der Waals surface area contributed by atoms with Crippen LogP contribution in [0.5, 0.6) is 11.5 Å². The zero-order valence-electron chi connectivity index (χ0n) is 24.7. The van der Waals surface area contributed by atoms with Gasteiger partial charge in [-0.2, -0.15) is 0 Å². The van der Waals surface area contributed by atoms with E-state index >= 15 is 0 Å². The number of aliphatic hydroxyl groups excluding tert-OH is 3. The fraction of sp³-hybridized carbons (Fsp3) is 0.314. The highest BCUT2D eigenvalue weighted by Gasteiger charge is 2.65. The van der Waals surface area contributed by atoms with Crippen LogP contribution >= 0.6 is 0 Å². The van der Waals surface area contributed by atoms with Crippen molar-refractivity contribution in [2.24, 2.45) is 0 Å². The van der Waals surface area contributed by atoms with E-state index in [2.05, 4.69) is 20.8 Å². The lowest BCUT2D eigenvalue weighted by Crippen LogP contribution is -2.83. The number of methoxy groups -OCH3 is 1. The molecule has 222 valence electrons. The molecule has 4 aromatic carbocycles. The molecule has 0 radical (unpaired) electrons. The van der Waals surface area contributed by atoms with E-state index in [1.165, 1.54) is 0 Å². The van der Waals surface area contributed by atoms with Gasteiger partial charge in [-0.1, -0.05) is 122 Å². The first-order valence-electron chi connectivity index (χ1n) is 14.2. The molecule has 4 aromatic rings. The molecular formula is C35H42O6Si. The standard InChI is InChI=1S/C35H42O6Si/c1-34(2,3)42(29-16-10-6-11-17-29,30-18-12-7-13-19-30)35(39,24-26-14-8-5-9-15-26)33(38)32(37)31(36)25-41-28-22-20-27(40-4)21-23-28/h5-23,31-33,36-39H,24-25H2,1-4H3/t31-,32-,33-,35?/m1/s1. The van der Waals surface area contributed by atoms with Crippen molar-refractivity contribution in [2.75, 3.05) is 13.7 Å². The van der Waals surface area contributed by atoms with Crippen LogP contribution in [0, 0.1) is 0 Å². The van der Waals surface area contributed by atoms with Gasteiger partial charge < -0.3 is 29.9 Å². The number of benzene rings is 4. The summed E-state index contributed by atoms with van der Waals surface area (Å²) in [5, 5.41) is 47.5. The molecule has 4 atom stereocenters. The zero-order valence-corrected chi connectivity index (χ0v) is 25.7. The van der Waals surface area contributed by atoms with Crippen molar-refractivity contribution in [3.8, 4) is 11.5 Å². The Morgan fingerprint density at radius 3 is 1.57 bits per heavy atom. The number of hydrogen-bond donors (Lipinski definition) is 4. The summed E-state index contributed by atoms with van der Waals surface area (Å²) in [5.74, 6) is 1.14. The van der Waals surface area contributed by atoms with E-state index in [-0.39, 0.29) is 13.0 Å². The smallest absolute Gasteiger partial charge is 0.161 e. The van der Waals surface area contributed by atoms with Crippen LogP contribution in [0.25, 0.3) is 0 Å². The van der Waals surface area contributed by atoms with Crippen LogP contribution in [0.2, 0.25) is 5.04 Å². The van der Waals surface area contributed by atoms with Crippen molar-refractivity contribution in [2.45, 2.75) is 55.8 Å². The molecule has 42 heavy (non-hydrogen) atoms. The van der Waals surface area contributed by atoms with E-state index in [4.69, 9.17) is 9.47 Å². The van der Waals surface area contributed by atoms with E-state index in [1.54, 1.807) is 31.4 Å². The lowest BCUT2D eigenvalue weighted by molar-refractivity contribution is -0.130. The minimum absolute atomic E-state index is 0.0609. The Hall–Kier alpha value is -3.46. The highest BCUT2D eigenvalue weighted by atomic mass is 28.3. The van der Waals surface area contributed by atoms with Gasteiger partial charge in [0.25, 0.3) is 0 Å². The Bertz CT molecular complexity index is 1340. The van der Waals surface area contributed by atoms with Crippen molar-refractivity contribution in [3.05, 3.63) is 121 Å². The van der Waals surface area contributed by atoms with Gasteiger partial charge in [0.2, 0.25) is 0 Å². The average Bonchev–Trinajstić information content (AvgIpc) is 3.00. The first-order valence-corrected chi connectivity index (χ1v) is 16.2. The molecule has 0 saturated heterocycles. The Kier molecular flexibility index (Phi) is 9.92. The molecule has 0 spiro atoms. The van der Waals surface area contributed by atoms with Gasteiger partial charge in [0, 0.05) is 6.42 Å². The second-order valence-corrected chi connectivity index (χ2v) is 16.8. The van der Waals surface area contributed by atoms with Gasteiger partial charge in [-0.25, -0.2) is 0 Å².